The molecule has 0 atom stereocenters. The number of hydrogen-bond donors (Lipinski definition) is 1. The first kappa shape index (κ1) is 13.4. The number of halogens is 1. The molecule has 2 aromatic heterocycles. The Morgan fingerprint density at radius 3 is 2.95 bits per heavy atom. The van der Waals surface area contributed by atoms with Crippen molar-refractivity contribution in [2.75, 3.05) is 7.05 Å². The van der Waals surface area contributed by atoms with E-state index in [9.17, 15) is 4.79 Å². The number of hydrogen-bond acceptors (Lipinski definition) is 5. The van der Waals surface area contributed by atoms with Crippen LogP contribution < -0.4 is 11.3 Å². The van der Waals surface area contributed by atoms with E-state index in [1.165, 1.54) is 17.0 Å². The van der Waals surface area contributed by atoms with Gasteiger partial charge in [0.2, 0.25) is 0 Å². The van der Waals surface area contributed by atoms with Crippen LogP contribution in [0.5, 0.6) is 0 Å². The van der Waals surface area contributed by atoms with E-state index in [-0.39, 0.29) is 5.56 Å². The maximum Gasteiger partial charge on any atom is 0.261 e. The van der Waals surface area contributed by atoms with Gasteiger partial charge in [-0.2, -0.15) is 0 Å². The number of aromatic nitrogens is 3. The fourth-order valence-electron chi connectivity index (χ4n) is 1.65. The third-order valence-electron chi connectivity index (χ3n) is 2.58. The first-order chi connectivity index (χ1) is 9.08. The van der Waals surface area contributed by atoms with E-state index >= 15 is 0 Å². The lowest BCUT2D eigenvalue weighted by Crippen LogP contribution is -2.17. The second kappa shape index (κ2) is 5.31. The summed E-state index contributed by atoms with van der Waals surface area (Å²) in [7, 11) is 3.31. The molecule has 2 aromatic rings. The Morgan fingerprint density at radius 1 is 1.58 bits per heavy atom. The summed E-state index contributed by atoms with van der Waals surface area (Å²) in [6, 6.07) is 0. The summed E-state index contributed by atoms with van der Waals surface area (Å²) in [5, 5.41) is 0.449. The highest BCUT2D eigenvalue weighted by atomic mass is 79.9. The highest BCUT2D eigenvalue weighted by Gasteiger charge is 2.10. The minimum Gasteiger partial charge on any atom is -0.404 e. The van der Waals surface area contributed by atoms with Crippen molar-refractivity contribution in [2.45, 2.75) is 0 Å². The number of aliphatic imine (C=N–C) groups is 1. The van der Waals surface area contributed by atoms with E-state index in [1.807, 2.05) is 0 Å². The summed E-state index contributed by atoms with van der Waals surface area (Å²) in [5.41, 5.74) is 6.52. The van der Waals surface area contributed by atoms with E-state index < -0.39 is 0 Å². The molecule has 98 valence electrons. The normalized spacial score (nSPS) is 12.5. The van der Waals surface area contributed by atoms with Crippen molar-refractivity contribution >= 4 is 38.6 Å². The summed E-state index contributed by atoms with van der Waals surface area (Å²) in [6.45, 7) is 0. The minimum absolute atomic E-state index is 0.146. The molecule has 0 radical (unpaired) electrons. The van der Waals surface area contributed by atoms with Gasteiger partial charge in [0.25, 0.3) is 5.56 Å². The zero-order valence-corrected chi connectivity index (χ0v) is 12.0. The van der Waals surface area contributed by atoms with Crippen molar-refractivity contribution in [2.24, 2.45) is 17.8 Å². The molecule has 6 nitrogen and oxygen atoms in total. The predicted octanol–water partition coefficient (Wildman–Crippen LogP) is 1.09. The van der Waals surface area contributed by atoms with Crippen molar-refractivity contribution in [3.05, 3.63) is 39.2 Å². The van der Waals surface area contributed by atoms with Gasteiger partial charge in [-0.3, -0.25) is 9.79 Å². The number of pyridine rings is 1. The molecular weight excluding hydrogens is 310 g/mol. The average Bonchev–Trinajstić information content (AvgIpc) is 2.42. The van der Waals surface area contributed by atoms with Crippen molar-refractivity contribution in [3.8, 4) is 0 Å². The molecular formula is C12H12BrN5O. The van der Waals surface area contributed by atoms with Crippen molar-refractivity contribution in [1.29, 1.82) is 0 Å². The molecule has 0 aliphatic rings. The second-order valence-electron chi connectivity index (χ2n) is 3.86. The first-order valence-electron chi connectivity index (χ1n) is 5.44. The number of fused-ring (bicyclic) bond motifs is 1. The lowest BCUT2D eigenvalue weighted by molar-refractivity contribution is 0.865. The number of aryl methyl sites for hydroxylation is 1. The lowest BCUT2D eigenvalue weighted by Gasteiger charge is -2.05. The van der Waals surface area contributed by atoms with E-state index in [1.54, 1.807) is 26.5 Å². The van der Waals surface area contributed by atoms with Crippen molar-refractivity contribution < 1.29 is 0 Å². The Balaban J connectivity index is 2.75. The molecule has 0 unspecified atom stereocenters. The molecule has 0 aliphatic carbocycles. The van der Waals surface area contributed by atoms with Gasteiger partial charge in [-0.05, 0) is 15.9 Å². The largest absolute Gasteiger partial charge is 0.404 e. The van der Waals surface area contributed by atoms with Crippen LogP contribution in [0.25, 0.3) is 16.5 Å². The molecule has 19 heavy (non-hydrogen) atoms. The smallest absolute Gasteiger partial charge is 0.261 e. The van der Waals surface area contributed by atoms with Gasteiger partial charge in [-0.15, -0.1) is 0 Å². The monoisotopic (exact) mass is 321 g/mol. The molecule has 2 heterocycles. The molecule has 0 amide bonds. The lowest BCUT2D eigenvalue weighted by atomic mass is 10.2. The fourth-order valence-corrected chi connectivity index (χ4v) is 2.26. The topological polar surface area (TPSA) is 86.2 Å². The Kier molecular flexibility index (Phi) is 3.75. The highest BCUT2D eigenvalue weighted by molar-refractivity contribution is 9.10. The van der Waals surface area contributed by atoms with Gasteiger partial charge in [0.15, 0.2) is 5.82 Å². The number of nitrogens with two attached hydrogens (primary N) is 1. The van der Waals surface area contributed by atoms with Crippen LogP contribution >= 0.6 is 15.9 Å². The molecule has 0 aromatic carbocycles. The van der Waals surface area contributed by atoms with Gasteiger partial charge < -0.3 is 10.3 Å². The summed E-state index contributed by atoms with van der Waals surface area (Å²) in [5.74, 6) is 0.426. The van der Waals surface area contributed by atoms with E-state index in [2.05, 4.69) is 30.9 Å². The van der Waals surface area contributed by atoms with Gasteiger partial charge in [0.1, 0.15) is 0 Å². The van der Waals surface area contributed by atoms with Gasteiger partial charge in [0.05, 0.1) is 20.9 Å². The zero-order chi connectivity index (χ0) is 14.0. The molecule has 0 spiro atoms. The van der Waals surface area contributed by atoms with Crippen molar-refractivity contribution in [3.63, 3.8) is 0 Å². The Morgan fingerprint density at radius 2 is 2.32 bits per heavy atom. The standard InChI is InChI=1S/C12H12BrN5O/c1-15-4-7(3-14)11-16-5-8-10(17-11)9(13)6-18(2)12(8)19/h3-6H,14H2,1-2H3. The molecule has 0 aliphatic heterocycles. The van der Waals surface area contributed by atoms with Crippen LogP contribution in [0.4, 0.5) is 0 Å². The van der Waals surface area contributed by atoms with Crippen LogP contribution in [-0.4, -0.2) is 27.8 Å². The summed E-state index contributed by atoms with van der Waals surface area (Å²) in [6.07, 6.45) is 6.11. The molecule has 2 rings (SSSR count). The maximum atomic E-state index is 12.0. The Bertz CT molecular complexity index is 748. The van der Waals surface area contributed by atoms with Gasteiger partial charge in [-0.25, -0.2) is 9.97 Å². The molecule has 2 N–H and O–H groups in total. The number of nitrogens with zero attached hydrogens (tertiary/aromatic N) is 4. The van der Waals surface area contributed by atoms with Gasteiger partial charge in [0, 0.05) is 38.9 Å². The SMILES string of the molecule is CN=CC(=CN)c1ncc2c(=O)n(C)cc(Br)c2n1. The minimum atomic E-state index is -0.146. The quantitative estimate of drug-likeness (QED) is 0.839. The number of rotatable bonds is 2. The van der Waals surface area contributed by atoms with Crippen LogP contribution in [0, 0.1) is 0 Å². The second-order valence-corrected chi connectivity index (χ2v) is 4.71. The first-order valence-corrected chi connectivity index (χ1v) is 6.24. The third kappa shape index (κ3) is 2.41. The van der Waals surface area contributed by atoms with Crippen LogP contribution in [-0.2, 0) is 7.05 Å². The molecule has 0 fully saturated rings. The van der Waals surface area contributed by atoms with Gasteiger partial charge in [-0.1, -0.05) is 0 Å². The predicted molar refractivity (Wildman–Crippen MR) is 79.1 cm³/mol. The van der Waals surface area contributed by atoms with Crippen LogP contribution in [0.1, 0.15) is 5.82 Å². The molecule has 0 saturated carbocycles. The maximum absolute atomic E-state index is 12.0. The van der Waals surface area contributed by atoms with E-state index in [0.29, 0.717) is 22.3 Å². The number of allylic oxidation sites excluding steroid dienone is 1. The summed E-state index contributed by atoms with van der Waals surface area (Å²) in [4.78, 5) is 24.4. The van der Waals surface area contributed by atoms with Crippen LogP contribution in [0.2, 0.25) is 0 Å². The fraction of sp³-hybridized carbons (Fsp3) is 0.167. The summed E-state index contributed by atoms with van der Waals surface area (Å²) < 4.78 is 2.20. The highest BCUT2D eigenvalue weighted by Crippen LogP contribution is 2.19. The van der Waals surface area contributed by atoms with Crippen molar-refractivity contribution in [1.82, 2.24) is 14.5 Å². The Labute approximate surface area is 117 Å². The Hall–Kier alpha value is -2.02. The van der Waals surface area contributed by atoms with Crippen LogP contribution in [0.15, 0.2) is 32.9 Å². The average molecular weight is 322 g/mol. The molecule has 0 saturated heterocycles. The van der Waals surface area contributed by atoms with Gasteiger partial charge >= 0.3 is 0 Å². The zero-order valence-electron chi connectivity index (χ0n) is 10.5. The third-order valence-corrected chi connectivity index (χ3v) is 3.16. The molecule has 0 bridgehead atoms. The van der Waals surface area contributed by atoms with E-state index in [0.717, 1.165) is 4.47 Å². The molecule has 7 heteroatoms. The summed E-state index contributed by atoms with van der Waals surface area (Å²) >= 11 is 3.39. The van der Waals surface area contributed by atoms with Crippen LogP contribution in [0.3, 0.4) is 0 Å². The van der Waals surface area contributed by atoms with E-state index in [4.69, 9.17) is 5.73 Å².